The Bertz CT molecular complexity index is 874. The maximum atomic E-state index is 5.92. The molecule has 30 heavy (non-hydrogen) atoms. The summed E-state index contributed by atoms with van der Waals surface area (Å²) >= 11 is 0. The number of ether oxygens (including phenoxy) is 2. The summed E-state index contributed by atoms with van der Waals surface area (Å²) in [4.78, 5) is 2.42. The van der Waals surface area contributed by atoms with E-state index in [1.807, 2.05) is 48.5 Å². The van der Waals surface area contributed by atoms with E-state index in [-0.39, 0.29) is 24.8 Å². The number of para-hydroxylation sites is 1. The first-order valence-electron chi connectivity index (χ1n) is 9.50. The van der Waals surface area contributed by atoms with Gasteiger partial charge in [-0.2, -0.15) is 4.68 Å². The van der Waals surface area contributed by atoms with Gasteiger partial charge in [-0.25, -0.2) is 0 Å². The van der Waals surface area contributed by atoms with Gasteiger partial charge < -0.3 is 14.8 Å². The minimum absolute atomic E-state index is 0. The molecule has 0 saturated carbocycles. The zero-order valence-electron chi connectivity index (χ0n) is 16.5. The minimum atomic E-state index is 0. The summed E-state index contributed by atoms with van der Waals surface area (Å²) in [5.74, 6) is 0.708. The van der Waals surface area contributed by atoms with Crippen molar-refractivity contribution in [2.24, 2.45) is 0 Å². The van der Waals surface area contributed by atoms with Crippen molar-refractivity contribution in [1.82, 2.24) is 30.4 Å². The molecule has 8 nitrogen and oxygen atoms in total. The van der Waals surface area contributed by atoms with Crippen LogP contribution in [0.1, 0.15) is 5.56 Å². The fraction of sp³-hybridized carbons (Fsp3) is 0.350. The van der Waals surface area contributed by atoms with Crippen molar-refractivity contribution in [3.63, 3.8) is 0 Å². The van der Waals surface area contributed by atoms with Crippen LogP contribution in [-0.4, -0.2) is 64.5 Å². The van der Waals surface area contributed by atoms with Crippen molar-refractivity contribution in [2.45, 2.75) is 6.54 Å². The van der Waals surface area contributed by atoms with Crippen LogP contribution in [0, 0.1) is 0 Å². The van der Waals surface area contributed by atoms with Gasteiger partial charge in [0.05, 0.1) is 18.9 Å². The van der Waals surface area contributed by atoms with Gasteiger partial charge in [0.2, 0.25) is 0 Å². The number of hydrogen-bond donors (Lipinski definition) is 1. The van der Waals surface area contributed by atoms with Crippen LogP contribution in [-0.2, 0) is 11.3 Å². The first kappa shape index (κ1) is 24.0. The smallest absolute Gasteiger partial charge is 0.345 e. The number of rotatable bonds is 8. The number of aromatic nitrogens is 4. The Balaban J connectivity index is 0.00000160. The van der Waals surface area contributed by atoms with Crippen LogP contribution in [0.25, 0.3) is 5.69 Å². The SMILES string of the molecule is Cl.Cl.c1ccc(-n2nnnc2Oc2cccc(CNCCN3CCOCC3)c2)cc1. The van der Waals surface area contributed by atoms with E-state index in [0.29, 0.717) is 11.8 Å². The van der Waals surface area contributed by atoms with Crippen LogP contribution in [0.2, 0.25) is 0 Å². The summed E-state index contributed by atoms with van der Waals surface area (Å²) < 4.78 is 12.9. The molecule has 1 aromatic heterocycles. The van der Waals surface area contributed by atoms with E-state index in [1.165, 1.54) is 0 Å². The first-order valence-corrected chi connectivity index (χ1v) is 9.50. The molecule has 2 aromatic carbocycles. The van der Waals surface area contributed by atoms with Crippen LogP contribution in [0.3, 0.4) is 0 Å². The number of nitrogens with zero attached hydrogens (tertiary/aromatic N) is 5. The molecule has 1 aliphatic heterocycles. The minimum Gasteiger partial charge on any atom is -0.423 e. The monoisotopic (exact) mass is 452 g/mol. The number of tetrazole rings is 1. The Morgan fingerprint density at radius 1 is 1.00 bits per heavy atom. The summed E-state index contributed by atoms with van der Waals surface area (Å²) in [6.45, 7) is 6.46. The molecule has 0 aliphatic carbocycles. The molecule has 0 amide bonds. The van der Waals surface area contributed by atoms with Crippen LogP contribution in [0.4, 0.5) is 0 Å². The fourth-order valence-corrected chi connectivity index (χ4v) is 3.09. The van der Waals surface area contributed by atoms with Gasteiger partial charge in [0.15, 0.2) is 0 Å². The second kappa shape index (κ2) is 12.5. The Hall–Kier alpha value is -2.23. The number of morpholine rings is 1. The molecule has 10 heteroatoms. The summed E-state index contributed by atoms with van der Waals surface area (Å²) in [6, 6.07) is 18.0. The molecule has 3 aromatic rings. The van der Waals surface area contributed by atoms with E-state index in [0.717, 1.165) is 57.2 Å². The third kappa shape index (κ3) is 6.65. The van der Waals surface area contributed by atoms with Crippen molar-refractivity contribution in [3.8, 4) is 17.4 Å². The molecule has 0 atom stereocenters. The van der Waals surface area contributed by atoms with E-state index in [4.69, 9.17) is 9.47 Å². The Kier molecular flexibility index (Phi) is 9.99. The highest BCUT2D eigenvalue weighted by molar-refractivity contribution is 5.85. The summed E-state index contributed by atoms with van der Waals surface area (Å²) in [5.41, 5.74) is 2.00. The topological polar surface area (TPSA) is 77.3 Å². The van der Waals surface area contributed by atoms with Crippen LogP contribution in [0.5, 0.6) is 11.8 Å². The lowest BCUT2D eigenvalue weighted by Crippen LogP contribution is -2.40. The molecule has 0 radical (unpaired) electrons. The lowest BCUT2D eigenvalue weighted by Gasteiger charge is -2.26. The third-order valence-electron chi connectivity index (χ3n) is 4.59. The van der Waals surface area contributed by atoms with Crippen molar-refractivity contribution in [3.05, 3.63) is 60.2 Å². The van der Waals surface area contributed by atoms with E-state index < -0.39 is 0 Å². The lowest BCUT2D eigenvalue weighted by atomic mass is 10.2. The van der Waals surface area contributed by atoms with Crippen molar-refractivity contribution in [1.29, 1.82) is 0 Å². The highest BCUT2D eigenvalue weighted by Crippen LogP contribution is 2.22. The molecular formula is C20H26Cl2N6O2. The fourth-order valence-electron chi connectivity index (χ4n) is 3.09. The number of halogens is 2. The van der Waals surface area contributed by atoms with E-state index >= 15 is 0 Å². The van der Waals surface area contributed by atoms with Gasteiger partial charge in [0, 0.05) is 32.7 Å². The van der Waals surface area contributed by atoms with Gasteiger partial charge in [-0.15, -0.1) is 24.8 Å². The van der Waals surface area contributed by atoms with Gasteiger partial charge >= 0.3 is 6.01 Å². The normalized spacial score (nSPS) is 13.9. The largest absolute Gasteiger partial charge is 0.423 e. The molecule has 162 valence electrons. The van der Waals surface area contributed by atoms with Crippen molar-refractivity contribution < 1.29 is 9.47 Å². The first-order chi connectivity index (χ1) is 13.9. The van der Waals surface area contributed by atoms with Gasteiger partial charge in [-0.3, -0.25) is 4.90 Å². The second-order valence-corrected chi connectivity index (χ2v) is 6.59. The average Bonchev–Trinajstić information content (AvgIpc) is 3.21. The van der Waals surface area contributed by atoms with Crippen LogP contribution < -0.4 is 10.1 Å². The highest BCUT2D eigenvalue weighted by atomic mass is 35.5. The summed E-state index contributed by atoms with van der Waals surface area (Å²) in [6.07, 6.45) is 0. The molecule has 1 fully saturated rings. The van der Waals surface area contributed by atoms with E-state index in [2.05, 4.69) is 31.8 Å². The summed E-state index contributed by atoms with van der Waals surface area (Å²) in [7, 11) is 0. The maximum absolute atomic E-state index is 5.92. The number of hydrogen-bond acceptors (Lipinski definition) is 7. The molecule has 0 bridgehead atoms. The predicted molar refractivity (Wildman–Crippen MR) is 119 cm³/mol. The van der Waals surface area contributed by atoms with Gasteiger partial charge in [-0.1, -0.05) is 35.4 Å². The zero-order valence-corrected chi connectivity index (χ0v) is 18.1. The van der Waals surface area contributed by atoms with Crippen molar-refractivity contribution in [2.75, 3.05) is 39.4 Å². The Morgan fingerprint density at radius 2 is 1.80 bits per heavy atom. The third-order valence-corrected chi connectivity index (χ3v) is 4.59. The Labute approximate surface area is 188 Å². The molecule has 1 N–H and O–H groups in total. The quantitative estimate of drug-likeness (QED) is 0.526. The summed E-state index contributed by atoms with van der Waals surface area (Å²) in [5, 5.41) is 15.2. The molecule has 0 spiro atoms. The van der Waals surface area contributed by atoms with Crippen molar-refractivity contribution >= 4 is 24.8 Å². The zero-order chi connectivity index (χ0) is 19.0. The average molecular weight is 453 g/mol. The second-order valence-electron chi connectivity index (χ2n) is 6.59. The van der Waals surface area contributed by atoms with Gasteiger partial charge in [-0.05, 0) is 40.3 Å². The van der Waals surface area contributed by atoms with E-state index in [1.54, 1.807) is 4.68 Å². The van der Waals surface area contributed by atoms with Crippen LogP contribution >= 0.6 is 24.8 Å². The molecular weight excluding hydrogens is 427 g/mol. The molecule has 0 unspecified atom stereocenters. The van der Waals surface area contributed by atoms with Crippen LogP contribution in [0.15, 0.2) is 54.6 Å². The molecule has 1 saturated heterocycles. The highest BCUT2D eigenvalue weighted by Gasteiger charge is 2.11. The number of benzene rings is 2. The standard InChI is InChI=1S/C20H24N6O2.2ClH/c1-2-6-18(7-3-1)26-20(22-23-24-26)28-19-8-4-5-17(15-19)16-21-9-10-25-11-13-27-14-12-25;;/h1-8,15,21H,9-14,16H2;2*1H. The number of nitrogens with one attached hydrogen (secondary N) is 1. The lowest BCUT2D eigenvalue weighted by molar-refractivity contribution is 0.0384. The molecule has 4 rings (SSSR count). The Morgan fingerprint density at radius 3 is 2.60 bits per heavy atom. The van der Waals surface area contributed by atoms with Gasteiger partial charge in [0.25, 0.3) is 0 Å². The molecule has 2 heterocycles. The van der Waals surface area contributed by atoms with E-state index in [9.17, 15) is 0 Å². The predicted octanol–water partition coefficient (Wildman–Crippen LogP) is 2.72. The molecule has 1 aliphatic rings. The maximum Gasteiger partial charge on any atom is 0.345 e. The van der Waals surface area contributed by atoms with Gasteiger partial charge in [0.1, 0.15) is 5.75 Å².